The molecule has 1 heteroatoms. The van der Waals surface area contributed by atoms with Gasteiger partial charge < -0.3 is 0 Å². The molecule has 1 radical (unpaired) electrons. The van der Waals surface area contributed by atoms with Crippen LogP contribution in [0.25, 0.3) is 0 Å². The number of thioether (sulfide) groups is 1. The van der Waals surface area contributed by atoms with Gasteiger partial charge >= 0.3 is 0 Å². The highest BCUT2D eigenvalue weighted by Crippen LogP contribution is 2.21. The number of hydrogen-bond acceptors (Lipinski definition) is 1. The lowest BCUT2D eigenvalue weighted by atomic mass is 10.4. The van der Waals surface area contributed by atoms with Gasteiger partial charge in [-0.15, -0.1) is 11.8 Å². The second-order valence-corrected chi connectivity index (χ2v) is 3.43. The van der Waals surface area contributed by atoms with Crippen LogP contribution in [-0.2, 0) is 0 Å². The van der Waals surface area contributed by atoms with Gasteiger partial charge in [-0.3, -0.25) is 0 Å². The third-order valence-electron chi connectivity index (χ3n) is 1.37. The van der Waals surface area contributed by atoms with Crippen molar-refractivity contribution in [3.05, 3.63) is 36.1 Å². The second kappa shape index (κ2) is 5.25. The van der Waals surface area contributed by atoms with Crippen molar-refractivity contribution < 1.29 is 0 Å². The summed E-state index contributed by atoms with van der Waals surface area (Å²) < 4.78 is 0. The lowest BCUT2D eigenvalue weighted by molar-refractivity contribution is 0.944. The zero-order valence-electron chi connectivity index (χ0n) is 6.79. The van der Waals surface area contributed by atoms with E-state index in [-0.39, 0.29) is 0 Å². The zero-order chi connectivity index (χ0) is 7.94. The Kier molecular flexibility index (Phi) is 4.14. The van der Waals surface area contributed by atoms with Crippen molar-refractivity contribution in [2.24, 2.45) is 0 Å². The summed E-state index contributed by atoms with van der Waals surface area (Å²) in [5.74, 6) is 2.26. The van der Waals surface area contributed by atoms with Gasteiger partial charge in [-0.1, -0.05) is 31.5 Å². The van der Waals surface area contributed by atoms with E-state index in [1.165, 1.54) is 17.7 Å². The van der Waals surface area contributed by atoms with Crippen LogP contribution in [0.2, 0.25) is 0 Å². The first-order valence-corrected chi connectivity index (χ1v) is 4.85. The summed E-state index contributed by atoms with van der Waals surface area (Å²) in [5.41, 5.74) is 0. The van der Waals surface area contributed by atoms with Gasteiger partial charge in [0, 0.05) is 10.6 Å². The van der Waals surface area contributed by atoms with Gasteiger partial charge in [-0.25, -0.2) is 0 Å². The molecule has 0 unspecified atom stereocenters. The SMILES string of the molecule is CCC[CH]Sc1ccccc1. The number of hydrogen-bond donors (Lipinski definition) is 0. The van der Waals surface area contributed by atoms with Crippen molar-refractivity contribution in [2.45, 2.75) is 24.7 Å². The topological polar surface area (TPSA) is 0 Å². The van der Waals surface area contributed by atoms with Crippen LogP contribution < -0.4 is 0 Å². The van der Waals surface area contributed by atoms with Crippen molar-refractivity contribution >= 4 is 11.8 Å². The normalized spacial score (nSPS) is 9.91. The van der Waals surface area contributed by atoms with Gasteiger partial charge in [-0.05, 0) is 18.6 Å². The van der Waals surface area contributed by atoms with Crippen molar-refractivity contribution in [1.82, 2.24) is 0 Å². The fraction of sp³-hybridized carbons (Fsp3) is 0.300. The molecule has 0 saturated carbocycles. The van der Waals surface area contributed by atoms with Gasteiger partial charge in [-0.2, -0.15) is 0 Å². The third-order valence-corrected chi connectivity index (χ3v) is 2.32. The van der Waals surface area contributed by atoms with E-state index in [4.69, 9.17) is 0 Å². The molecule has 59 valence electrons. The van der Waals surface area contributed by atoms with Gasteiger partial charge in [0.15, 0.2) is 0 Å². The highest BCUT2D eigenvalue weighted by atomic mass is 32.2. The smallest absolute Gasteiger partial charge is 0.0217 e. The molecule has 0 bridgehead atoms. The predicted molar refractivity (Wildman–Crippen MR) is 51.5 cm³/mol. The minimum absolute atomic E-state index is 1.19. The molecule has 1 aromatic rings. The Bertz CT molecular complexity index is 181. The highest BCUT2D eigenvalue weighted by molar-refractivity contribution is 8.01. The van der Waals surface area contributed by atoms with Gasteiger partial charge in [0.2, 0.25) is 0 Å². The van der Waals surface area contributed by atoms with Crippen LogP contribution in [0, 0.1) is 5.75 Å². The molecule has 0 nitrogen and oxygen atoms in total. The Morgan fingerprint density at radius 2 is 2.00 bits per heavy atom. The molecule has 0 fully saturated rings. The largest absolute Gasteiger partial charge is 0.122 e. The molecule has 0 aliphatic heterocycles. The van der Waals surface area contributed by atoms with E-state index in [9.17, 15) is 0 Å². The molecule has 0 amide bonds. The minimum Gasteiger partial charge on any atom is -0.122 e. The van der Waals surface area contributed by atoms with Crippen LogP contribution in [0.15, 0.2) is 35.2 Å². The van der Waals surface area contributed by atoms with E-state index in [1.807, 2.05) is 17.8 Å². The molecule has 0 saturated heterocycles. The molecule has 0 aliphatic rings. The van der Waals surface area contributed by atoms with E-state index in [0.29, 0.717) is 0 Å². The quantitative estimate of drug-likeness (QED) is 0.484. The van der Waals surface area contributed by atoms with Gasteiger partial charge in [0.1, 0.15) is 0 Å². The van der Waals surface area contributed by atoms with Crippen molar-refractivity contribution in [2.75, 3.05) is 0 Å². The summed E-state index contributed by atoms with van der Waals surface area (Å²) in [7, 11) is 0. The molecule has 0 heterocycles. The Labute approximate surface area is 73.0 Å². The molecular weight excluding hydrogens is 152 g/mol. The van der Waals surface area contributed by atoms with Crippen LogP contribution in [0.5, 0.6) is 0 Å². The average Bonchev–Trinajstić information content (AvgIpc) is 2.07. The van der Waals surface area contributed by atoms with Crippen LogP contribution >= 0.6 is 11.8 Å². The molecule has 0 spiro atoms. The summed E-state index contributed by atoms with van der Waals surface area (Å²) in [6.45, 7) is 2.20. The second-order valence-electron chi connectivity index (χ2n) is 2.39. The molecule has 0 N–H and O–H groups in total. The Morgan fingerprint density at radius 1 is 1.27 bits per heavy atom. The standard InChI is InChI=1S/C10H13S/c1-2-3-9-11-10-7-5-4-6-8-10/h4-9H,2-3H2,1H3. The molecule has 1 rings (SSSR count). The molecule has 11 heavy (non-hydrogen) atoms. The monoisotopic (exact) mass is 165 g/mol. The first kappa shape index (κ1) is 8.66. The molecule has 0 atom stereocenters. The Morgan fingerprint density at radius 3 is 2.64 bits per heavy atom. The molecular formula is C10H13S. The van der Waals surface area contributed by atoms with Crippen molar-refractivity contribution in [1.29, 1.82) is 0 Å². The van der Waals surface area contributed by atoms with E-state index in [0.717, 1.165) is 0 Å². The lowest BCUT2D eigenvalue weighted by Gasteiger charge is -1.97. The van der Waals surface area contributed by atoms with Gasteiger partial charge in [0.25, 0.3) is 0 Å². The lowest BCUT2D eigenvalue weighted by Crippen LogP contribution is -1.70. The Balaban J connectivity index is 2.28. The zero-order valence-corrected chi connectivity index (χ0v) is 7.60. The first-order chi connectivity index (χ1) is 5.43. The molecule has 0 aromatic heterocycles. The number of benzene rings is 1. The van der Waals surface area contributed by atoms with Crippen LogP contribution in [-0.4, -0.2) is 0 Å². The maximum absolute atomic E-state index is 2.26. The van der Waals surface area contributed by atoms with E-state index < -0.39 is 0 Å². The van der Waals surface area contributed by atoms with E-state index in [2.05, 4.69) is 36.9 Å². The third kappa shape index (κ3) is 3.47. The van der Waals surface area contributed by atoms with Crippen LogP contribution in [0.1, 0.15) is 19.8 Å². The fourth-order valence-corrected chi connectivity index (χ4v) is 1.63. The van der Waals surface area contributed by atoms with Crippen molar-refractivity contribution in [3.63, 3.8) is 0 Å². The van der Waals surface area contributed by atoms with Crippen LogP contribution in [0.3, 0.4) is 0 Å². The van der Waals surface area contributed by atoms with E-state index in [1.54, 1.807) is 0 Å². The maximum Gasteiger partial charge on any atom is 0.0217 e. The minimum atomic E-state index is 1.19. The van der Waals surface area contributed by atoms with E-state index >= 15 is 0 Å². The summed E-state index contributed by atoms with van der Waals surface area (Å²) in [4.78, 5) is 1.33. The number of rotatable bonds is 4. The highest BCUT2D eigenvalue weighted by Gasteiger charge is 1.90. The fourth-order valence-electron chi connectivity index (χ4n) is 0.772. The van der Waals surface area contributed by atoms with Crippen LogP contribution in [0.4, 0.5) is 0 Å². The average molecular weight is 165 g/mol. The summed E-state index contributed by atoms with van der Waals surface area (Å²) in [6.07, 6.45) is 2.43. The summed E-state index contributed by atoms with van der Waals surface area (Å²) in [6, 6.07) is 10.5. The maximum atomic E-state index is 2.26. The summed E-state index contributed by atoms with van der Waals surface area (Å²) in [5, 5.41) is 0. The predicted octanol–water partition coefficient (Wildman–Crippen LogP) is 3.74. The first-order valence-electron chi connectivity index (χ1n) is 3.97. The summed E-state index contributed by atoms with van der Waals surface area (Å²) >= 11 is 1.82. The number of unbranched alkanes of at least 4 members (excludes halogenated alkanes) is 1. The van der Waals surface area contributed by atoms with Crippen molar-refractivity contribution in [3.8, 4) is 0 Å². The van der Waals surface area contributed by atoms with Gasteiger partial charge in [0.05, 0.1) is 0 Å². The Hall–Kier alpha value is -0.430. The molecule has 1 aromatic carbocycles. The molecule has 0 aliphatic carbocycles.